The molecular weight excluding hydrogens is 296 g/mol. The molecule has 0 atom stereocenters. The van der Waals surface area contributed by atoms with Gasteiger partial charge in [0.05, 0.1) is 32.6 Å². The van der Waals surface area contributed by atoms with E-state index in [-0.39, 0.29) is 11.9 Å². The van der Waals surface area contributed by atoms with Crippen molar-refractivity contribution in [2.45, 2.75) is 59.7 Å². The molecule has 0 saturated heterocycles. The van der Waals surface area contributed by atoms with Crippen LogP contribution in [0.25, 0.3) is 0 Å². The van der Waals surface area contributed by atoms with Crippen LogP contribution >= 0.6 is 0 Å². The summed E-state index contributed by atoms with van der Waals surface area (Å²) in [5.41, 5.74) is 0.824. The molecule has 132 valence electrons. The first kappa shape index (κ1) is 19.6. The maximum absolute atomic E-state index is 11.4. The third-order valence-corrected chi connectivity index (χ3v) is 3.06. The Balaban J connectivity index is 2.08. The molecule has 1 aromatic rings. The minimum atomic E-state index is 0.0154. The van der Waals surface area contributed by atoms with E-state index in [2.05, 4.69) is 29.5 Å². The van der Waals surface area contributed by atoms with Crippen LogP contribution in [0.5, 0.6) is 0 Å². The fraction of sp³-hybridized carbons (Fsp3) is 0.812. The van der Waals surface area contributed by atoms with Crippen LogP contribution < -0.4 is 5.32 Å². The first-order valence-electron chi connectivity index (χ1n) is 8.31. The third kappa shape index (κ3) is 10.0. The van der Waals surface area contributed by atoms with E-state index in [1.807, 2.05) is 20.0 Å². The Hall–Kier alpha value is -1.47. The van der Waals surface area contributed by atoms with Crippen LogP contribution in [0.4, 0.5) is 0 Å². The number of hydrogen-bond acceptors (Lipinski definition) is 5. The summed E-state index contributed by atoms with van der Waals surface area (Å²) in [6.45, 7) is 11.0. The number of ether oxygens (including phenoxy) is 2. The fourth-order valence-electron chi connectivity index (χ4n) is 1.83. The van der Waals surface area contributed by atoms with Gasteiger partial charge in [-0.05, 0) is 26.2 Å². The Morgan fingerprint density at radius 3 is 2.70 bits per heavy atom. The van der Waals surface area contributed by atoms with E-state index in [0.29, 0.717) is 38.7 Å². The maximum Gasteiger partial charge on any atom is 0.222 e. The van der Waals surface area contributed by atoms with Crippen LogP contribution in [-0.4, -0.2) is 46.8 Å². The smallest absolute Gasteiger partial charge is 0.222 e. The van der Waals surface area contributed by atoms with Crippen molar-refractivity contribution in [3.63, 3.8) is 0 Å². The van der Waals surface area contributed by atoms with Crippen LogP contribution in [0.2, 0.25) is 0 Å². The van der Waals surface area contributed by atoms with Gasteiger partial charge >= 0.3 is 0 Å². The summed E-state index contributed by atoms with van der Waals surface area (Å²) in [5.74, 6) is 0.659. The topological polar surface area (TPSA) is 78.3 Å². The maximum atomic E-state index is 11.4. The van der Waals surface area contributed by atoms with E-state index in [1.165, 1.54) is 0 Å². The lowest BCUT2D eigenvalue weighted by molar-refractivity contribution is -0.122. The molecule has 0 aliphatic heterocycles. The van der Waals surface area contributed by atoms with Gasteiger partial charge in [-0.2, -0.15) is 0 Å². The molecule has 0 aromatic carbocycles. The number of nitrogens with one attached hydrogen (secondary N) is 1. The fourth-order valence-corrected chi connectivity index (χ4v) is 1.83. The molecule has 1 heterocycles. The number of aromatic nitrogens is 3. The highest BCUT2D eigenvalue weighted by molar-refractivity contribution is 5.76. The Labute approximate surface area is 138 Å². The molecule has 0 unspecified atom stereocenters. The van der Waals surface area contributed by atoms with Crippen LogP contribution in [0.15, 0.2) is 6.20 Å². The summed E-state index contributed by atoms with van der Waals surface area (Å²) in [5, 5.41) is 10.9. The Bertz CT molecular complexity index is 446. The van der Waals surface area contributed by atoms with Crippen LogP contribution in [0.1, 0.15) is 46.2 Å². The molecule has 0 saturated carbocycles. The van der Waals surface area contributed by atoms with Crippen molar-refractivity contribution in [2.24, 2.45) is 5.92 Å². The van der Waals surface area contributed by atoms with E-state index in [4.69, 9.17) is 9.47 Å². The molecule has 0 radical (unpaired) electrons. The number of carbonyl (C=O) groups is 1. The molecule has 23 heavy (non-hydrogen) atoms. The number of hydrogen-bond donors (Lipinski definition) is 1. The second-order valence-electron chi connectivity index (χ2n) is 6.29. The first-order valence-corrected chi connectivity index (χ1v) is 8.31. The lowest BCUT2D eigenvalue weighted by atomic mass is 10.1. The number of carbonyl (C=O) groups excluding carboxylic acids is 1. The molecule has 1 aromatic heterocycles. The summed E-state index contributed by atoms with van der Waals surface area (Å²) in [7, 11) is 0. The lowest BCUT2D eigenvalue weighted by Gasteiger charge is -2.08. The van der Waals surface area contributed by atoms with Crippen molar-refractivity contribution < 1.29 is 14.3 Å². The van der Waals surface area contributed by atoms with E-state index < -0.39 is 0 Å². The zero-order chi connectivity index (χ0) is 17.1. The summed E-state index contributed by atoms with van der Waals surface area (Å²) < 4.78 is 12.7. The molecule has 7 heteroatoms. The van der Waals surface area contributed by atoms with Crippen LogP contribution in [0, 0.1) is 5.92 Å². The van der Waals surface area contributed by atoms with Gasteiger partial charge in [0.1, 0.15) is 5.69 Å². The van der Waals surface area contributed by atoms with Gasteiger partial charge in [-0.15, -0.1) is 5.10 Å². The average Bonchev–Trinajstić information content (AvgIpc) is 2.90. The second-order valence-corrected chi connectivity index (χ2v) is 6.29. The molecule has 0 bridgehead atoms. The normalized spacial score (nSPS) is 11.4. The Morgan fingerprint density at radius 1 is 1.22 bits per heavy atom. The Morgan fingerprint density at radius 2 is 2.00 bits per heavy atom. The zero-order valence-corrected chi connectivity index (χ0v) is 14.7. The van der Waals surface area contributed by atoms with E-state index >= 15 is 0 Å². The lowest BCUT2D eigenvalue weighted by Crippen LogP contribution is -2.30. The van der Waals surface area contributed by atoms with Crippen molar-refractivity contribution in [2.75, 3.05) is 19.8 Å². The predicted molar refractivity (Wildman–Crippen MR) is 87.8 cm³/mol. The molecule has 0 spiro atoms. The second kappa shape index (κ2) is 11.1. The van der Waals surface area contributed by atoms with E-state index in [9.17, 15) is 4.79 Å². The first-order chi connectivity index (χ1) is 11.0. The van der Waals surface area contributed by atoms with Crippen LogP contribution in [-0.2, 0) is 27.4 Å². The monoisotopic (exact) mass is 326 g/mol. The van der Waals surface area contributed by atoms with Gasteiger partial charge in [-0.3, -0.25) is 4.79 Å². The highest BCUT2D eigenvalue weighted by atomic mass is 16.5. The summed E-state index contributed by atoms with van der Waals surface area (Å²) in [6.07, 6.45) is 3.29. The SMILES string of the molecule is CC(C)CCOCc1cn(CCOCCC(=O)NC(C)C)nn1. The summed E-state index contributed by atoms with van der Waals surface area (Å²) in [6, 6.07) is 0.166. The van der Waals surface area contributed by atoms with Crippen molar-refractivity contribution in [3.8, 4) is 0 Å². The molecule has 0 aliphatic rings. The van der Waals surface area contributed by atoms with Gasteiger partial charge in [0.2, 0.25) is 5.91 Å². The molecular formula is C16H30N4O3. The number of nitrogens with zero attached hydrogens (tertiary/aromatic N) is 3. The molecule has 0 fully saturated rings. The zero-order valence-electron chi connectivity index (χ0n) is 14.7. The van der Waals surface area contributed by atoms with Crippen molar-refractivity contribution in [1.29, 1.82) is 0 Å². The van der Waals surface area contributed by atoms with Gasteiger partial charge in [-0.1, -0.05) is 19.1 Å². The van der Waals surface area contributed by atoms with Gasteiger partial charge in [0.15, 0.2) is 0 Å². The van der Waals surface area contributed by atoms with E-state index in [1.54, 1.807) is 4.68 Å². The quantitative estimate of drug-likeness (QED) is 0.592. The number of rotatable bonds is 12. The van der Waals surface area contributed by atoms with Gasteiger partial charge in [0, 0.05) is 19.1 Å². The summed E-state index contributed by atoms with van der Waals surface area (Å²) in [4.78, 5) is 11.4. The molecule has 1 amide bonds. The van der Waals surface area contributed by atoms with Gasteiger partial charge in [0.25, 0.3) is 0 Å². The van der Waals surface area contributed by atoms with Crippen molar-refractivity contribution >= 4 is 5.91 Å². The minimum absolute atomic E-state index is 0.0154. The highest BCUT2D eigenvalue weighted by Gasteiger charge is 2.04. The largest absolute Gasteiger partial charge is 0.379 e. The van der Waals surface area contributed by atoms with E-state index in [0.717, 1.165) is 18.7 Å². The molecule has 1 rings (SSSR count). The molecule has 0 aliphatic carbocycles. The predicted octanol–water partition coefficient (Wildman–Crippen LogP) is 1.77. The summed E-state index contributed by atoms with van der Waals surface area (Å²) >= 11 is 0. The van der Waals surface area contributed by atoms with Gasteiger partial charge in [-0.25, -0.2) is 4.68 Å². The van der Waals surface area contributed by atoms with Crippen molar-refractivity contribution in [3.05, 3.63) is 11.9 Å². The van der Waals surface area contributed by atoms with Gasteiger partial charge < -0.3 is 14.8 Å². The number of amides is 1. The average molecular weight is 326 g/mol. The van der Waals surface area contributed by atoms with Crippen LogP contribution in [0.3, 0.4) is 0 Å². The Kier molecular flexibility index (Phi) is 9.47. The highest BCUT2D eigenvalue weighted by Crippen LogP contribution is 2.02. The molecule has 7 nitrogen and oxygen atoms in total. The standard InChI is InChI=1S/C16H30N4O3/c1-13(2)5-8-23-12-15-11-20(19-18-15)7-10-22-9-6-16(21)17-14(3)4/h11,13-14H,5-10,12H2,1-4H3,(H,17,21). The third-order valence-electron chi connectivity index (χ3n) is 3.06. The minimum Gasteiger partial charge on any atom is -0.379 e. The molecule has 1 N–H and O–H groups in total. The van der Waals surface area contributed by atoms with Crippen molar-refractivity contribution in [1.82, 2.24) is 20.3 Å².